The lowest BCUT2D eigenvalue weighted by atomic mass is 9.72. The molecule has 0 radical (unpaired) electrons. The maximum Gasteiger partial charge on any atom is 0.412 e. The highest BCUT2D eigenvalue weighted by Crippen LogP contribution is 2.40. The lowest BCUT2D eigenvalue weighted by molar-refractivity contribution is 0.201. The lowest BCUT2D eigenvalue weighted by Crippen LogP contribution is -2.43. The van der Waals surface area contributed by atoms with Crippen LogP contribution in [0.2, 0.25) is 0 Å². The number of nitrogens with one attached hydrogen (secondary N) is 1. The summed E-state index contributed by atoms with van der Waals surface area (Å²) in [4.78, 5) is 16.8. The summed E-state index contributed by atoms with van der Waals surface area (Å²) in [5.74, 6) is 0.454. The van der Waals surface area contributed by atoms with Gasteiger partial charge in [-0.2, -0.15) is 0 Å². The van der Waals surface area contributed by atoms with Gasteiger partial charge in [-0.15, -0.1) is 0 Å². The normalized spacial score (nSPS) is 14.7. The second-order valence-electron chi connectivity index (χ2n) is 8.27. The van der Waals surface area contributed by atoms with E-state index in [4.69, 9.17) is 15.5 Å². The van der Waals surface area contributed by atoms with E-state index in [1.807, 2.05) is 35.6 Å². The monoisotopic (exact) mass is 426 g/mol. The van der Waals surface area contributed by atoms with E-state index in [0.717, 1.165) is 41.0 Å². The quantitative estimate of drug-likeness (QED) is 0.464. The van der Waals surface area contributed by atoms with E-state index in [1.54, 1.807) is 12.3 Å². The van der Waals surface area contributed by atoms with Crippen LogP contribution in [0.15, 0.2) is 72.9 Å². The molecule has 162 valence electrons. The number of carbonyl (C=O) groups excluding carboxylic acids is 1. The molecule has 0 bridgehead atoms. The van der Waals surface area contributed by atoms with Crippen molar-refractivity contribution in [2.75, 3.05) is 6.54 Å². The average Bonchev–Trinajstić information content (AvgIpc) is 3.17. The number of fused-ring (bicyclic) bond motifs is 1. The maximum atomic E-state index is 11.9. The molecule has 0 unspecified atom stereocenters. The van der Waals surface area contributed by atoms with Crippen molar-refractivity contribution in [3.63, 3.8) is 0 Å². The molecule has 4 aromatic rings. The number of aromatic nitrogens is 2. The van der Waals surface area contributed by atoms with Crippen LogP contribution in [-0.4, -0.2) is 22.0 Å². The smallest absolute Gasteiger partial charge is 0.409 e. The first-order chi connectivity index (χ1) is 15.6. The fourth-order valence-corrected chi connectivity index (χ4v) is 4.25. The van der Waals surface area contributed by atoms with Crippen molar-refractivity contribution < 1.29 is 9.53 Å². The number of carbonyl (C=O) groups is 1. The molecule has 1 amide bonds. The van der Waals surface area contributed by atoms with Gasteiger partial charge >= 0.3 is 6.09 Å². The molecule has 2 heterocycles. The first-order valence-corrected chi connectivity index (χ1v) is 11.0. The van der Waals surface area contributed by atoms with Crippen molar-refractivity contribution in [2.24, 2.45) is 5.73 Å². The summed E-state index contributed by atoms with van der Waals surface area (Å²) in [6.07, 6.45) is 4.58. The Bertz CT molecular complexity index is 1260. The molecule has 0 aliphatic heterocycles. The van der Waals surface area contributed by atoms with Crippen LogP contribution in [-0.2, 0) is 5.54 Å². The Kier molecular flexibility index (Phi) is 5.15. The van der Waals surface area contributed by atoms with Crippen LogP contribution in [0, 0.1) is 0 Å². The molecule has 1 aliphatic rings. The first kappa shape index (κ1) is 20.3. The van der Waals surface area contributed by atoms with E-state index < -0.39 is 6.09 Å². The summed E-state index contributed by atoms with van der Waals surface area (Å²) in [5.41, 5.74) is 12.1. The van der Waals surface area contributed by atoms with E-state index >= 15 is 0 Å². The van der Waals surface area contributed by atoms with Gasteiger partial charge in [0.05, 0.1) is 17.6 Å². The van der Waals surface area contributed by atoms with Gasteiger partial charge in [0, 0.05) is 23.2 Å². The molecule has 0 atom stereocenters. The van der Waals surface area contributed by atoms with Gasteiger partial charge in [-0.25, -0.2) is 9.78 Å². The molecular weight excluding hydrogens is 400 g/mol. The fourth-order valence-electron chi connectivity index (χ4n) is 4.25. The third kappa shape index (κ3) is 3.63. The summed E-state index contributed by atoms with van der Waals surface area (Å²) in [6, 6.07) is 22.2. The van der Waals surface area contributed by atoms with Crippen LogP contribution >= 0.6 is 0 Å². The summed E-state index contributed by atoms with van der Waals surface area (Å²) in [5, 5.41) is 2.65. The number of benzene rings is 2. The second kappa shape index (κ2) is 8.13. The summed E-state index contributed by atoms with van der Waals surface area (Å²) in [6.45, 7) is 2.36. The fraction of sp³-hybridized carbons (Fsp3) is 0.231. The van der Waals surface area contributed by atoms with Gasteiger partial charge in [0.1, 0.15) is 11.4 Å². The number of nitrogens with zero attached hydrogens (tertiary/aromatic N) is 2. The van der Waals surface area contributed by atoms with E-state index in [1.165, 1.54) is 12.0 Å². The van der Waals surface area contributed by atoms with Gasteiger partial charge in [0.25, 0.3) is 0 Å². The largest absolute Gasteiger partial charge is 0.412 e. The molecule has 6 nitrogen and oxygen atoms in total. The zero-order chi connectivity index (χ0) is 22.1. The number of hydrogen-bond acceptors (Lipinski definition) is 4. The number of hydrogen-bond donors (Lipinski definition) is 2. The van der Waals surface area contributed by atoms with Crippen molar-refractivity contribution >= 4 is 11.7 Å². The van der Waals surface area contributed by atoms with Crippen LogP contribution < -0.4 is 15.8 Å². The molecular formula is C26H26N4O2. The minimum absolute atomic E-state index is 0.189. The van der Waals surface area contributed by atoms with Gasteiger partial charge in [0.15, 0.2) is 0 Å². The third-order valence-electron chi connectivity index (χ3n) is 6.15. The number of nitrogens with two attached hydrogens (primary N) is 1. The van der Waals surface area contributed by atoms with Crippen molar-refractivity contribution in [2.45, 2.75) is 31.7 Å². The SMILES string of the molecule is CCNC(=O)Oc1ccc2nc(-c3ccc(C4(N)CCC4)cc3)c(-c3ccccc3)n2c1. The van der Waals surface area contributed by atoms with Crippen molar-refractivity contribution in [3.8, 4) is 28.3 Å². The number of rotatable bonds is 5. The van der Waals surface area contributed by atoms with Crippen LogP contribution in [0.1, 0.15) is 31.7 Å². The Morgan fingerprint density at radius 1 is 1.06 bits per heavy atom. The van der Waals surface area contributed by atoms with E-state index in [0.29, 0.717) is 12.3 Å². The van der Waals surface area contributed by atoms with Crippen LogP contribution in [0.25, 0.3) is 28.2 Å². The molecule has 6 heteroatoms. The predicted octanol–water partition coefficient (Wildman–Crippen LogP) is 5.11. The number of ether oxygens (including phenoxy) is 1. The molecule has 2 aromatic heterocycles. The van der Waals surface area contributed by atoms with Gasteiger partial charge in [-0.3, -0.25) is 4.40 Å². The zero-order valence-electron chi connectivity index (χ0n) is 18.0. The maximum absolute atomic E-state index is 11.9. The van der Waals surface area contributed by atoms with Crippen molar-refractivity contribution in [1.29, 1.82) is 0 Å². The molecule has 3 N–H and O–H groups in total. The number of imidazole rings is 1. The summed E-state index contributed by atoms with van der Waals surface area (Å²) in [7, 11) is 0. The van der Waals surface area contributed by atoms with Gasteiger partial charge < -0.3 is 15.8 Å². The zero-order valence-corrected chi connectivity index (χ0v) is 18.0. The average molecular weight is 427 g/mol. The topological polar surface area (TPSA) is 81.6 Å². The molecule has 0 saturated heterocycles. The van der Waals surface area contributed by atoms with Crippen LogP contribution in [0.4, 0.5) is 4.79 Å². The highest BCUT2D eigenvalue weighted by Gasteiger charge is 2.34. The minimum atomic E-state index is -0.476. The van der Waals surface area contributed by atoms with E-state index in [2.05, 4.69) is 41.7 Å². The molecule has 0 spiro atoms. The third-order valence-corrected chi connectivity index (χ3v) is 6.15. The Labute approximate surface area is 187 Å². The molecule has 1 aliphatic carbocycles. The Morgan fingerprint density at radius 3 is 2.47 bits per heavy atom. The van der Waals surface area contributed by atoms with E-state index in [-0.39, 0.29) is 5.54 Å². The summed E-state index contributed by atoms with van der Waals surface area (Å²) >= 11 is 0. The lowest BCUT2D eigenvalue weighted by Gasteiger charge is -2.38. The standard InChI is InChI=1S/C26H26N4O2/c1-2-28-25(31)32-21-13-14-22-29-23(24(30(22)17-21)19-7-4-3-5-8-19)18-9-11-20(12-10-18)26(27)15-6-16-26/h3-5,7-14,17H,2,6,15-16,27H2,1H3,(H,28,31). The molecule has 5 rings (SSSR count). The summed E-state index contributed by atoms with van der Waals surface area (Å²) < 4.78 is 7.40. The Morgan fingerprint density at radius 2 is 1.81 bits per heavy atom. The number of pyridine rings is 1. The minimum Gasteiger partial charge on any atom is -0.409 e. The van der Waals surface area contributed by atoms with Gasteiger partial charge in [0.2, 0.25) is 0 Å². The van der Waals surface area contributed by atoms with Gasteiger partial charge in [-0.05, 0) is 43.9 Å². The molecule has 32 heavy (non-hydrogen) atoms. The van der Waals surface area contributed by atoms with Crippen molar-refractivity contribution in [3.05, 3.63) is 78.5 Å². The second-order valence-corrected chi connectivity index (χ2v) is 8.27. The number of amides is 1. The van der Waals surface area contributed by atoms with Crippen molar-refractivity contribution in [1.82, 2.24) is 14.7 Å². The Hall–Kier alpha value is -3.64. The van der Waals surface area contributed by atoms with Gasteiger partial charge in [-0.1, -0.05) is 54.6 Å². The van der Waals surface area contributed by atoms with Crippen LogP contribution in [0.3, 0.4) is 0 Å². The Balaban J connectivity index is 1.61. The first-order valence-electron chi connectivity index (χ1n) is 11.0. The molecule has 1 fully saturated rings. The van der Waals surface area contributed by atoms with Crippen LogP contribution in [0.5, 0.6) is 5.75 Å². The highest BCUT2D eigenvalue weighted by atomic mass is 16.6. The molecule has 1 saturated carbocycles. The molecule has 2 aromatic carbocycles. The highest BCUT2D eigenvalue weighted by molar-refractivity contribution is 5.82. The van der Waals surface area contributed by atoms with E-state index in [9.17, 15) is 4.79 Å². The predicted molar refractivity (Wildman–Crippen MR) is 125 cm³/mol.